The van der Waals surface area contributed by atoms with Crippen LogP contribution in [0.2, 0.25) is 5.02 Å². The standard InChI is InChI=1S/C23H13ClFN3O7S/c24-18-10-15(25)4-3-14(18)12-26-22(29)21(36-23(26)30)9-13-1-6-17(7-2-13)35-20-8-5-16(27(31)32)11-19(20)28(33)34/h1-11H,12H2/b21-9-. The zero-order valence-electron chi connectivity index (χ0n) is 17.9. The Kier molecular flexibility index (Phi) is 6.99. The number of non-ortho nitro benzene ring substituents is 1. The fourth-order valence-electron chi connectivity index (χ4n) is 3.22. The van der Waals surface area contributed by atoms with Gasteiger partial charge in [0, 0.05) is 11.1 Å². The van der Waals surface area contributed by atoms with Gasteiger partial charge in [0.15, 0.2) is 0 Å². The zero-order valence-corrected chi connectivity index (χ0v) is 19.5. The van der Waals surface area contributed by atoms with Crippen LogP contribution in [-0.4, -0.2) is 25.9 Å². The summed E-state index contributed by atoms with van der Waals surface area (Å²) < 4.78 is 18.8. The first-order valence-electron chi connectivity index (χ1n) is 10.0. The van der Waals surface area contributed by atoms with Gasteiger partial charge in [0.25, 0.3) is 16.8 Å². The van der Waals surface area contributed by atoms with Crippen molar-refractivity contribution in [2.75, 3.05) is 0 Å². The molecule has 4 rings (SSSR count). The number of ether oxygens (including phenoxy) is 1. The van der Waals surface area contributed by atoms with Gasteiger partial charge in [-0.15, -0.1) is 0 Å². The minimum absolute atomic E-state index is 0.0990. The number of carbonyl (C=O) groups is 2. The van der Waals surface area contributed by atoms with Crippen molar-refractivity contribution in [2.24, 2.45) is 0 Å². The number of thioether (sulfide) groups is 1. The van der Waals surface area contributed by atoms with E-state index in [2.05, 4.69) is 0 Å². The second kappa shape index (κ2) is 10.1. The number of imide groups is 1. The number of benzene rings is 3. The predicted octanol–water partition coefficient (Wildman–Crippen LogP) is 6.32. The maximum Gasteiger partial charge on any atom is 0.318 e. The van der Waals surface area contributed by atoms with E-state index >= 15 is 0 Å². The highest BCUT2D eigenvalue weighted by Crippen LogP contribution is 2.36. The Balaban J connectivity index is 1.49. The molecule has 36 heavy (non-hydrogen) atoms. The third-order valence-electron chi connectivity index (χ3n) is 4.97. The van der Waals surface area contributed by atoms with Gasteiger partial charge in [0.1, 0.15) is 11.6 Å². The SMILES string of the molecule is O=C1S/C(=C\c2ccc(Oc3ccc([N+](=O)[O-])cc3[N+](=O)[O-])cc2)C(=O)N1Cc1ccc(F)cc1Cl. The molecule has 1 heterocycles. The molecule has 0 bridgehead atoms. The van der Waals surface area contributed by atoms with Crippen molar-refractivity contribution >= 4 is 52.0 Å². The fourth-order valence-corrected chi connectivity index (χ4v) is 4.28. The Morgan fingerprint density at radius 2 is 1.72 bits per heavy atom. The average Bonchev–Trinajstić information content (AvgIpc) is 3.09. The summed E-state index contributed by atoms with van der Waals surface area (Å²) in [6.07, 6.45) is 1.50. The molecule has 10 nitrogen and oxygen atoms in total. The first-order valence-corrected chi connectivity index (χ1v) is 11.2. The van der Waals surface area contributed by atoms with E-state index in [1.54, 1.807) is 12.1 Å². The monoisotopic (exact) mass is 529 g/mol. The van der Waals surface area contributed by atoms with Crippen molar-refractivity contribution in [1.82, 2.24) is 4.90 Å². The van der Waals surface area contributed by atoms with E-state index in [-0.39, 0.29) is 28.0 Å². The van der Waals surface area contributed by atoms with Crippen LogP contribution in [0.3, 0.4) is 0 Å². The van der Waals surface area contributed by atoms with Gasteiger partial charge in [-0.25, -0.2) is 4.39 Å². The third kappa shape index (κ3) is 5.34. The maximum atomic E-state index is 13.3. The molecule has 0 unspecified atom stereocenters. The Morgan fingerprint density at radius 1 is 1.00 bits per heavy atom. The van der Waals surface area contributed by atoms with Crippen molar-refractivity contribution in [3.8, 4) is 11.5 Å². The number of amides is 2. The van der Waals surface area contributed by atoms with Crippen LogP contribution in [0.1, 0.15) is 11.1 Å². The van der Waals surface area contributed by atoms with E-state index in [1.807, 2.05) is 0 Å². The summed E-state index contributed by atoms with van der Waals surface area (Å²) in [5.74, 6) is -1.04. The lowest BCUT2D eigenvalue weighted by molar-refractivity contribution is -0.394. The van der Waals surface area contributed by atoms with Crippen molar-refractivity contribution < 1.29 is 28.6 Å². The van der Waals surface area contributed by atoms with Crippen LogP contribution in [0.5, 0.6) is 11.5 Å². The summed E-state index contributed by atoms with van der Waals surface area (Å²) in [5.41, 5.74) is -0.0439. The van der Waals surface area contributed by atoms with Gasteiger partial charge in [-0.1, -0.05) is 29.8 Å². The van der Waals surface area contributed by atoms with Gasteiger partial charge in [-0.2, -0.15) is 0 Å². The van der Waals surface area contributed by atoms with Crippen molar-refractivity contribution in [1.29, 1.82) is 0 Å². The van der Waals surface area contributed by atoms with Crippen molar-refractivity contribution in [2.45, 2.75) is 6.54 Å². The second-order valence-corrected chi connectivity index (χ2v) is 8.74. The number of nitrogens with zero attached hydrogens (tertiary/aromatic N) is 3. The molecule has 3 aromatic rings. The van der Waals surface area contributed by atoms with Crippen LogP contribution in [0.4, 0.5) is 20.6 Å². The van der Waals surface area contributed by atoms with E-state index in [4.69, 9.17) is 16.3 Å². The van der Waals surface area contributed by atoms with Gasteiger partial charge in [-0.05, 0) is 59.3 Å². The molecule has 2 amide bonds. The molecule has 0 aliphatic carbocycles. The molecule has 1 fully saturated rings. The summed E-state index contributed by atoms with van der Waals surface area (Å²) in [6.45, 7) is -0.109. The minimum Gasteiger partial charge on any atom is -0.450 e. The topological polar surface area (TPSA) is 133 Å². The molecule has 0 spiro atoms. The molecule has 1 saturated heterocycles. The van der Waals surface area contributed by atoms with Gasteiger partial charge in [0.2, 0.25) is 5.75 Å². The highest BCUT2D eigenvalue weighted by Gasteiger charge is 2.35. The minimum atomic E-state index is -0.786. The van der Waals surface area contributed by atoms with Crippen molar-refractivity contribution in [3.05, 3.63) is 108 Å². The Hall–Kier alpha value is -4.29. The van der Waals surface area contributed by atoms with E-state index in [0.29, 0.717) is 11.1 Å². The summed E-state index contributed by atoms with van der Waals surface area (Å²) in [6, 6.07) is 12.8. The molecule has 0 saturated carbocycles. The summed E-state index contributed by atoms with van der Waals surface area (Å²) >= 11 is 6.74. The molecule has 0 aromatic heterocycles. The van der Waals surface area contributed by atoms with E-state index in [9.17, 15) is 34.2 Å². The number of carbonyl (C=O) groups excluding carboxylic acids is 2. The van der Waals surface area contributed by atoms with Crippen LogP contribution in [0.15, 0.2) is 65.6 Å². The number of nitro benzene ring substituents is 2. The Morgan fingerprint density at radius 3 is 2.36 bits per heavy atom. The van der Waals surface area contributed by atoms with Crippen molar-refractivity contribution in [3.63, 3.8) is 0 Å². The molecule has 1 aliphatic heterocycles. The number of halogens is 2. The van der Waals surface area contributed by atoms with Crippen LogP contribution < -0.4 is 4.74 Å². The van der Waals surface area contributed by atoms with E-state index in [0.717, 1.165) is 40.9 Å². The number of hydrogen-bond donors (Lipinski definition) is 0. The quantitative estimate of drug-likeness (QED) is 0.197. The molecular formula is C23H13ClFN3O7S. The predicted molar refractivity (Wildman–Crippen MR) is 129 cm³/mol. The number of rotatable bonds is 7. The smallest absolute Gasteiger partial charge is 0.318 e. The lowest BCUT2D eigenvalue weighted by Gasteiger charge is -2.13. The molecular weight excluding hydrogens is 517 g/mol. The molecule has 182 valence electrons. The molecule has 1 aliphatic rings. The normalized spacial score (nSPS) is 14.4. The first kappa shape index (κ1) is 24.8. The second-order valence-electron chi connectivity index (χ2n) is 7.34. The van der Waals surface area contributed by atoms with Gasteiger partial charge in [0.05, 0.1) is 27.4 Å². The first-order chi connectivity index (χ1) is 17.1. The van der Waals surface area contributed by atoms with Crippen LogP contribution >= 0.6 is 23.4 Å². The molecule has 0 N–H and O–H groups in total. The summed E-state index contributed by atoms with van der Waals surface area (Å²) in [4.78, 5) is 46.9. The lowest BCUT2D eigenvalue weighted by Crippen LogP contribution is -2.27. The molecule has 0 radical (unpaired) electrons. The summed E-state index contributed by atoms with van der Waals surface area (Å²) in [5, 5.41) is 21.7. The van der Waals surface area contributed by atoms with Gasteiger partial charge < -0.3 is 4.74 Å². The Bertz CT molecular complexity index is 1450. The van der Waals surface area contributed by atoms with Gasteiger partial charge >= 0.3 is 5.69 Å². The maximum absolute atomic E-state index is 13.3. The molecule has 0 atom stereocenters. The molecule has 3 aromatic carbocycles. The van der Waals surface area contributed by atoms with E-state index < -0.39 is 38.2 Å². The third-order valence-corrected chi connectivity index (χ3v) is 6.23. The Labute approximate surface area is 211 Å². The fraction of sp³-hybridized carbons (Fsp3) is 0.0435. The highest BCUT2D eigenvalue weighted by atomic mass is 35.5. The molecule has 13 heteroatoms. The van der Waals surface area contributed by atoms with Crippen LogP contribution in [0, 0.1) is 26.0 Å². The number of nitro groups is 2. The highest BCUT2D eigenvalue weighted by molar-refractivity contribution is 8.18. The average molecular weight is 530 g/mol. The van der Waals surface area contributed by atoms with Gasteiger partial charge in [-0.3, -0.25) is 34.7 Å². The lowest BCUT2D eigenvalue weighted by atomic mass is 10.2. The van der Waals surface area contributed by atoms with E-state index in [1.165, 1.54) is 30.3 Å². The van der Waals surface area contributed by atoms with Crippen LogP contribution in [-0.2, 0) is 11.3 Å². The largest absolute Gasteiger partial charge is 0.450 e. The van der Waals surface area contributed by atoms with Crippen LogP contribution in [0.25, 0.3) is 6.08 Å². The zero-order chi connectivity index (χ0) is 26.0. The number of hydrogen-bond acceptors (Lipinski definition) is 8. The summed E-state index contributed by atoms with van der Waals surface area (Å²) in [7, 11) is 0.